The molecule has 0 spiro atoms. The Morgan fingerprint density at radius 2 is 1.14 bits per heavy atom. The van der Waals surface area contributed by atoms with Gasteiger partial charge in [-0.05, 0) is 27.7 Å². The fourth-order valence-electron chi connectivity index (χ4n) is 0.731. The minimum atomic E-state index is 0.414. The molecule has 0 aliphatic heterocycles. The molecule has 0 aliphatic carbocycles. The van der Waals surface area contributed by atoms with E-state index in [2.05, 4.69) is 0 Å². The molecule has 0 unspecified atom stereocenters. The zero-order chi connectivity index (χ0) is 11.3. The van der Waals surface area contributed by atoms with Crippen LogP contribution in [0.25, 0.3) is 0 Å². The highest BCUT2D eigenvalue weighted by Crippen LogP contribution is 2.13. The molecular weight excluding hydrogens is 186 g/mol. The first-order valence-corrected chi connectivity index (χ1v) is 4.09. The molecule has 6 heteroatoms. The largest absolute Gasteiger partial charge is 0.291 e. The van der Waals surface area contributed by atoms with Crippen molar-refractivity contribution in [3.8, 4) is 0 Å². The van der Waals surface area contributed by atoms with Crippen molar-refractivity contribution in [1.82, 2.24) is 16.0 Å². The molecule has 0 aromatic heterocycles. The normalized spacial score (nSPS) is 14.2. The maximum Gasteiger partial charge on any atom is 0.0642 e. The molecule has 0 aliphatic rings. The van der Waals surface area contributed by atoms with E-state index in [-0.39, 0.29) is 0 Å². The summed E-state index contributed by atoms with van der Waals surface area (Å²) < 4.78 is 0. The average molecular weight is 203 g/mol. The number of nitrogens with zero attached hydrogens (tertiary/aromatic N) is 1. The maximum atomic E-state index is 9.60. The Labute approximate surface area is 83.0 Å². The fraction of sp³-hybridized carbons (Fsp3) is 0.500. The van der Waals surface area contributed by atoms with E-state index in [4.69, 9.17) is 10.4 Å². The third kappa shape index (κ3) is 2.91. The lowest BCUT2D eigenvalue weighted by Crippen LogP contribution is -2.22. The van der Waals surface area contributed by atoms with Gasteiger partial charge >= 0.3 is 0 Å². The van der Waals surface area contributed by atoms with Gasteiger partial charge in [-0.25, -0.2) is 5.06 Å². The summed E-state index contributed by atoms with van der Waals surface area (Å²) >= 11 is 0. The van der Waals surface area contributed by atoms with Crippen LogP contribution in [-0.4, -0.2) is 20.7 Å². The molecule has 6 nitrogen and oxygen atoms in total. The van der Waals surface area contributed by atoms with Gasteiger partial charge < -0.3 is 0 Å². The minimum Gasteiger partial charge on any atom is -0.291 e. The topological polar surface area (TPSA) is 88.0 Å². The van der Waals surface area contributed by atoms with E-state index in [1.807, 2.05) is 11.0 Å². The van der Waals surface area contributed by atoms with Crippen molar-refractivity contribution in [2.45, 2.75) is 27.7 Å². The standard InChI is InChI=1S/C8H17N3O3/c1-5(9-12)7(3)11(14)8(4)6(2)10-13/h9-10,12-14H,1-4H3. The Morgan fingerprint density at radius 1 is 0.857 bits per heavy atom. The molecule has 0 radical (unpaired) electrons. The van der Waals surface area contributed by atoms with Gasteiger partial charge in [0.2, 0.25) is 0 Å². The third-order valence-corrected chi connectivity index (χ3v) is 2.06. The molecule has 0 rings (SSSR count). The van der Waals surface area contributed by atoms with Gasteiger partial charge in [-0.15, -0.1) is 0 Å². The Hall–Kier alpha value is -1.24. The molecule has 0 bridgehead atoms. The average Bonchev–Trinajstić information content (AvgIpc) is 2.23. The second-order valence-corrected chi connectivity index (χ2v) is 2.96. The van der Waals surface area contributed by atoms with Gasteiger partial charge in [0.05, 0.1) is 22.8 Å². The number of allylic oxidation sites excluding steroid dienone is 4. The van der Waals surface area contributed by atoms with Gasteiger partial charge in [0.15, 0.2) is 0 Å². The predicted molar refractivity (Wildman–Crippen MR) is 50.2 cm³/mol. The van der Waals surface area contributed by atoms with Crippen LogP contribution in [0.15, 0.2) is 22.8 Å². The molecule has 14 heavy (non-hydrogen) atoms. The SMILES string of the molecule is CC(NO)=C(C)N(O)C(C)=C(C)NO. The predicted octanol–water partition coefficient (Wildman–Crippen LogP) is 1.14. The number of hydroxylamine groups is 4. The zero-order valence-electron chi connectivity index (χ0n) is 8.79. The number of rotatable bonds is 4. The van der Waals surface area contributed by atoms with E-state index < -0.39 is 0 Å². The van der Waals surface area contributed by atoms with Crippen LogP contribution < -0.4 is 11.0 Å². The van der Waals surface area contributed by atoms with Crippen molar-refractivity contribution in [3.05, 3.63) is 22.8 Å². The molecule has 0 heterocycles. The summed E-state index contributed by atoms with van der Waals surface area (Å²) in [6.45, 7) is 6.44. The van der Waals surface area contributed by atoms with E-state index in [1.54, 1.807) is 27.7 Å². The summed E-state index contributed by atoms with van der Waals surface area (Å²) in [5.74, 6) is 0. The second-order valence-electron chi connectivity index (χ2n) is 2.96. The van der Waals surface area contributed by atoms with Crippen LogP contribution in [0.3, 0.4) is 0 Å². The third-order valence-electron chi connectivity index (χ3n) is 2.06. The van der Waals surface area contributed by atoms with Crippen molar-refractivity contribution in [3.63, 3.8) is 0 Å². The van der Waals surface area contributed by atoms with E-state index in [1.165, 1.54) is 0 Å². The van der Waals surface area contributed by atoms with Crippen LogP contribution in [0.4, 0.5) is 0 Å². The zero-order valence-corrected chi connectivity index (χ0v) is 8.79. The number of hydrogen-bond acceptors (Lipinski definition) is 6. The number of nitrogens with one attached hydrogen (secondary N) is 2. The lowest BCUT2D eigenvalue weighted by Gasteiger charge is -2.21. The summed E-state index contributed by atoms with van der Waals surface area (Å²) in [5.41, 5.74) is 5.55. The molecule has 0 saturated carbocycles. The van der Waals surface area contributed by atoms with Crippen molar-refractivity contribution >= 4 is 0 Å². The first-order valence-electron chi connectivity index (χ1n) is 4.09. The van der Waals surface area contributed by atoms with Gasteiger partial charge in [0.25, 0.3) is 0 Å². The van der Waals surface area contributed by atoms with E-state index >= 15 is 0 Å². The monoisotopic (exact) mass is 203 g/mol. The van der Waals surface area contributed by atoms with E-state index in [9.17, 15) is 5.21 Å². The molecule has 0 aromatic carbocycles. The molecular formula is C8H17N3O3. The lowest BCUT2D eigenvalue weighted by atomic mass is 10.3. The van der Waals surface area contributed by atoms with Crippen LogP contribution in [-0.2, 0) is 0 Å². The summed E-state index contributed by atoms with van der Waals surface area (Å²) in [4.78, 5) is 0. The van der Waals surface area contributed by atoms with Crippen LogP contribution in [0.1, 0.15) is 27.7 Å². The highest BCUT2D eigenvalue weighted by molar-refractivity contribution is 5.13. The molecule has 82 valence electrons. The lowest BCUT2D eigenvalue weighted by molar-refractivity contribution is -0.0248. The van der Waals surface area contributed by atoms with Crippen molar-refractivity contribution in [2.24, 2.45) is 0 Å². The molecule has 0 aromatic rings. The van der Waals surface area contributed by atoms with E-state index in [0.717, 1.165) is 5.06 Å². The van der Waals surface area contributed by atoms with Crippen LogP contribution in [0.2, 0.25) is 0 Å². The van der Waals surface area contributed by atoms with Crippen LogP contribution in [0.5, 0.6) is 0 Å². The summed E-state index contributed by atoms with van der Waals surface area (Å²) in [6.07, 6.45) is 0. The number of hydrogen-bond donors (Lipinski definition) is 5. The summed E-state index contributed by atoms with van der Waals surface area (Å²) in [6, 6.07) is 0. The Bertz CT molecular complexity index is 235. The molecule has 5 N–H and O–H groups in total. The Balaban J connectivity index is 4.89. The fourth-order valence-corrected chi connectivity index (χ4v) is 0.731. The van der Waals surface area contributed by atoms with Crippen LogP contribution in [0, 0.1) is 0 Å². The van der Waals surface area contributed by atoms with Gasteiger partial charge in [-0.1, -0.05) is 0 Å². The smallest absolute Gasteiger partial charge is 0.0642 e. The van der Waals surface area contributed by atoms with Gasteiger partial charge in [-0.2, -0.15) is 0 Å². The highest BCUT2D eigenvalue weighted by Gasteiger charge is 2.09. The van der Waals surface area contributed by atoms with Gasteiger partial charge in [0, 0.05) is 0 Å². The first kappa shape index (κ1) is 12.8. The van der Waals surface area contributed by atoms with Crippen LogP contribution >= 0.6 is 0 Å². The Kier molecular flexibility index (Phi) is 5.00. The molecule has 0 saturated heterocycles. The summed E-state index contributed by atoms with van der Waals surface area (Å²) in [5, 5.41) is 27.7. The molecule has 0 amide bonds. The van der Waals surface area contributed by atoms with Crippen molar-refractivity contribution < 1.29 is 15.6 Å². The summed E-state index contributed by atoms with van der Waals surface area (Å²) in [7, 11) is 0. The van der Waals surface area contributed by atoms with Crippen molar-refractivity contribution in [2.75, 3.05) is 0 Å². The van der Waals surface area contributed by atoms with E-state index in [0.29, 0.717) is 22.8 Å². The molecule has 0 atom stereocenters. The first-order chi connectivity index (χ1) is 6.45. The second kappa shape index (κ2) is 5.48. The highest BCUT2D eigenvalue weighted by atomic mass is 16.5. The van der Waals surface area contributed by atoms with Crippen molar-refractivity contribution in [1.29, 1.82) is 0 Å². The Morgan fingerprint density at radius 3 is 1.36 bits per heavy atom. The molecule has 0 fully saturated rings. The van der Waals surface area contributed by atoms with Gasteiger partial charge in [0.1, 0.15) is 0 Å². The maximum absolute atomic E-state index is 9.60. The van der Waals surface area contributed by atoms with Gasteiger partial charge in [-0.3, -0.25) is 26.6 Å². The minimum absolute atomic E-state index is 0.414. The quantitative estimate of drug-likeness (QED) is 0.440.